The molecule has 0 aliphatic carbocycles. The predicted octanol–water partition coefficient (Wildman–Crippen LogP) is 1.04. The Hall–Kier alpha value is -2.64. The van der Waals surface area contributed by atoms with Gasteiger partial charge in [-0.05, 0) is 31.7 Å². The lowest BCUT2D eigenvalue weighted by Gasteiger charge is -2.38. The number of carbonyl (C=O) groups excluding carboxylic acids is 2. The molecule has 2 aliphatic rings. The van der Waals surface area contributed by atoms with E-state index in [1.165, 1.54) is 0 Å². The number of likely N-dealkylation sites (N-methyl/N-ethyl adjacent to an activating group) is 1. The SMILES string of the molecule is CN1C(=O)CC[C@@H](NC(=O)c2cc3n(n2)CCCC3)[C@@H]1c1nccn1C. The third-order valence-electron chi connectivity index (χ3n) is 5.45. The Labute approximate surface area is 152 Å². The van der Waals surface area contributed by atoms with E-state index in [-0.39, 0.29) is 23.9 Å². The number of nitrogens with zero attached hydrogens (tertiary/aromatic N) is 5. The maximum absolute atomic E-state index is 12.8. The molecule has 1 N–H and O–H groups in total. The second-order valence-electron chi connectivity index (χ2n) is 7.17. The molecule has 0 spiro atoms. The second kappa shape index (κ2) is 6.59. The number of fused-ring (bicyclic) bond motifs is 1. The second-order valence-corrected chi connectivity index (χ2v) is 7.17. The zero-order chi connectivity index (χ0) is 18.3. The molecule has 0 saturated carbocycles. The molecule has 138 valence electrons. The van der Waals surface area contributed by atoms with Crippen LogP contribution in [0.2, 0.25) is 0 Å². The van der Waals surface area contributed by atoms with Crippen LogP contribution in [-0.4, -0.2) is 49.1 Å². The van der Waals surface area contributed by atoms with Crippen molar-refractivity contribution < 1.29 is 9.59 Å². The number of nitrogens with one attached hydrogen (secondary N) is 1. The molecule has 2 aliphatic heterocycles. The highest BCUT2D eigenvalue weighted by atomic mass is 16.2. The van der Waals surface area contributed by atoms with Gasteiger partial charge < -0.3 is 14.8 Å². The van der Waals surface area contributed by atoms with E-state index in [2.05, 4.69) is 15.4 Å². The van der Waals surface area contributed by atoms with Crippen LogP contribution < -0.4 is 5.32 Å². The van der Waals surface area contributed by atoms with Gasteiger partial charge in [-0.15, -0.1) is 0 Å². The van der Waals surface area contributed by atoms with E-state index in [0.29, 0.717) is 18.5 Å². The van der Waals surface area contributed by atoms with Gasteiger partial charge in [0.1, 0.15) is 17.6 Å². The van der Waals surface area contributed by atoms with E-state index in [9.17, 15) is 9.59 Å². The van der Waals surface area contributed by atoms with Gasteiger partial charge in [0.25, 0.3) is 5.91 Å². The Morgan fingerprint density at radius 2 is 2.12 bits per heavy atom. The van der Waals surface area contributed by atoms with Crippen LogP contribution in [0.1, 0.15) is 53.7 Å². The zero-order valence-electron chi connectivity index (χ0n) is 15.2. The van der Waals surface area contributed by atoms with Crippen molar-refractivity contribution >= 4 is 11.8 Å². The molecule has 0 bridgehead atoms. The molecule has 8 heteroatoms. The summed E-state index contributed by atoms with van der Waals surface area (Å²) in [6, 6.07) is 1.42. The fourth-order valence-electron chi connectivity index (χ4n) is 3.98. The normalized spacial score (nSPS) is 23.0. The molecule has 1 saturated heterocycles. The molecule has 8 nitrogen and oxygen atoms in total. The minimum absolute atomic E-state index is 0.0703. The maximum atomic E-state index is 12.8. The van der Waals surface area contributed by atoms with E-state index < -0.39 is 0 Å². The first-order valence-electron chi connectivity index (χ1n) is 9.15. The monoisotopic (exact) mass is 356 g/mol. The number of rotatable bonds is 3. The lowest BCUT2D eigenvalue weighted by atomic mass is 9.95. The standard InChI is InChI=1S/C18H24N6O2/c1-22-10-8-19-17(22)16-13(6-7-15(25)23(16)2)20-18(26)14-11-12-5-3-4-9-24(12)21-14/h8,10-11,13,16H,3-7,9H2,1-2H3,(H,20,26)/t13-,16-/m1/s1. The molecule has 2 amide bonds. The molecule has 1 fully saturated rings. The maximum Gasteiger partial charge on any atom is 0.272 e. The van der Waals surface area contributed by atoms with E-state index in [4.69, 9.17) is 0 Å². The minimum atomic E-state index is -0.280. The summed E-state index contributed by atoms with van der Waals surface area (Å²) in [4.78, 5) is 31.1. The fraction of sp³-hybridized carbons (Fsp3) is 0.556. The van der Waals surface area contributed by atoms with Crippen LogP contribution >= 0.6 is 0 Å². The number of imidazole rings is 1. The summed E-state index contributed by atoms with van der Waals surface area (Å²) in [5.74, 6) is 0.662. The summed E-state index contributed by atoms with van der Waals surface area (Å²) in [5.41, 5.74) is 1.58. The molecule has 2 atom stereocenters. The van der Waals surface area contributed by atoms with E-state index in [1.807, 2.05) is 28.6 Å². The molecular weight excluding hydrogens is 332 g/mol. The Kier molecular flexibility index (Phi) is 4.26. The third-order valence-corrected chi connectivity index (χ3v) is 5.45. The first kappa shape index (κ1) is 16.8. The predicted molar refractivity (Wildman–Crippen MR) is 94.4 cm³/mol. The first-order valence-corrected chi connectivity index (χ1v) is 9.15. The number of carbonyl (C=O) groups is 2. The summed E-state index contributed by atoms with van der Waals surface area (Å²) >= 11 is 0. The minimum Gasteiger partial charge on any atom is -0.345 e. The van der Waals surface area contributed by atoms with Crippen LogP contribution in [0.5, 0.6) is 0 Å². The summed E-state index contributed by atoms with van der Waals surface area (Å²) in [6.07, 6.45) is 7.80. The largest absolute Gasteiger partial charge is 0.345 e. The quantitative estimate of drug-likeness (QED) is 0.891. The Morgan fingerprint density at radius 1 is 1.27 bits per heavy atom. The van der Waals surface area contributed by atoms with Crippen molar-refractivity contribution in [2.45, 2.75) is 50.7 Å². The number of aryl methyl sites for hydroxylation is 3. The van der Waals surface area contributed by atoms with Gasteiger partial charge in [0.05, 0.1) is 6.04 Å². The highest BCUT2D eigenvalue weighted by Gasteiger charge is 2.38. The summed E-state index contributed by atoms with van der Waals surface area (Å²) < 4.78 is 3.83. The third kappa shape index (κ3) is 2.89. The van der Waals surface area contributed by atoms with Crippen molar-refractivity contribution in [2.75, 3.05) is 7.05 Å². The highest BCUT2D eigenvalue weighted by Crippen LogP contribution is 2.30. The van der Waals surface area contributed by atoms with Crippen molar-refractivity contribution in [3.8, 4) is 0 Å². The molecule has 0 aromatic carbocycles. The lowest BCUT2D eigenvalue weighted by Crippen LogP contribution is -2.51. The van der Waals surface area contributed by atoms with Gasteiger partial charge in [-0.3, -0.25) is 14.3 Å². The zero-order valence-corrected chi connectivity index (χ0v) is 15.2. The van der Waals surface area contributed by atoms with Crippen LogP contribution in [-0.2, 0) is 24.8 Å². The molecule has 2 aromatic rings. The van der Waals surface area contributed by atoms with Crippen molar-refractivity contribution in [3.05, 3.63) is 35.7 Å². The van der Waals surface area contributed by atoms with Crippen LogP contribution in [0.25, 0.3) is 0 Å². The number of amides is 2. The van der Waals surface area contributed by atoms with Crippen LogP contribution in [0.3, 0.4) is 0 Å². The number of piperidine rings is 1. The Bertz CT molecular complexity index is 815. The number of hydrogen-bond donors (Lipinski definition) is 1. The average Bonchev–Trinajstić information content (AvgIpc) is 3.24. The van der Waals surface area contributed by atoms with Crippen molar-refractivity contribution in [1.29, 1.82) is 0 Å². The number of likely N-dealkylation sites (tertiary alicyclic amines) is 1. The molecule has 0 unspecified atom stereocenters. The van der Waals surface area contributed by atoms with Gasteiger partial charge in [0, 0.05) is 45.1 Å². The van der Waals surface area contributed by atoms with Crippen molar-refractivity contribution in [3.63, 3.8) is 0 Å². The van der Waals surface area contributed by atoms with E-state index in [1.54, 1.807) is 18.1 Å². The molecule has 4 heterocycles. The summed E-state index contributed by atoms with van der Waals surface area (Å²) in [7, 11) is 3.67. The van der Waals surface area contributed by atoms with Crippen LogP contribution in [0, 0.1) is 0 Å². The van der Waals surface area contributed by atoms with Crippen LogP contribution in [0.4, 0.5) is 0 Å². The van der Waals surface area contributed by atoms with Crippen molar-refractivity contribution in [1.82, 2.24) is 29.5 Å². The molecule has 0 radical (unpaired) electrons. The lowest BCUT2D eigenvalue weighted by molar-refractivity contribution is -0.136. The molecule has 26 heavy (non-hydrogen) atoms. The Balaban J connectivity index is 1.57. The van der Waals surface area contributed by atoms with Crippen molar-refractivity contribution in [2.24, 2.45) is 7.05 Å². The molecule has 2 aromatic heterocycles. The molecular formula is C18H24N6O2. The summed E-state index contributed by atoms with van der Waals surface area (Å²) in [6.45, 7) is 0.874. The van der Waals surface area contributed by atoms with E-state index >= 15 is 0 Å². The summed E-state index contributed by atoms with van der Waals surface area (Å²) in [5, 5.41) is 7.56. The number of hydrogen-bond acceptors (Lipinski definition) is 4. The highest BCUT2D eigenvalue weighted by molar-refractivity contribution is 5.92. The average molecular weight is 356 g/mol. The topological polar surface area (TPSA) is 85.1 Å². The van der Waals surface area contributed by atoms with Gasteiger partial charge in [-0.1, -0.05) is 0 Å². The van der Waals surface area contributed by atoms with Gasteiger partial charge in [0.15, 0.2) is 0 Å². The number of aromatic nitrogens is 4. The van der Waals surface area contributed by atoms with Gasteiger partial charge in [-0.2, -0.15) is 5.10 Å². The van der Waals surface area contributed by atoms with Gasteiger partial charge in [0.2, 0.25) is 5.91 Å². The van der Waals surface area contributed by atoms with Crippen LogP contribution in [0.15, 0.2) is 18.5 Å². The Morgan fingerprint density at radius 3 is 2.85 bits per heavy atom. The van der Waals surface area contributed by atoms with Gasteiger partial charge in [-0.25, -0.2) is 4.98 Å². The van der Waals surface area contributed by atoms with Gasteiger partial charge >= 0.3 is 0 Å². The first-order chi connectivity index (χ1) is 12.5. The smallest absolute Gasteiger partial charge is 0.272 e. The van der Waals surface area contributed by atoms with E-state index in [0.717, 1.165) is 37.3 Å². The molecule has 4 rings (SSSR count). The fourth-order valence-corrected chi connectivity index (χ4v) is 3.98.